The molecule has 4 heteroatoms. The largest absolute Gasteiger partial charge is 0.462 e. The second kappa shape index (κ2) is 5.57. The number of ether oxygens (including phenoxy) is 2. The first-order valence-electron chi connectivity index (χ1n) is 7.37. The van der Waals surface area contributed by atoms with Gasteiger partial charge in [-0.3, -0.25) is 4.79 Å². The molecule has 3 fully saturated rings. The number of rotatable bonds is 3. The topological polar surface area (TPSA) is 47.6 Å². The highest BCUT2D eigenvalue weighted by molar-refractivity contribution is 5.76. The third kappa shape index (κ3) is 2.69. The third-order valence-electron chi connectivity index (χ3n) is 4.58. The summed E-state index contributed by atoms with van der Waals surface area (Å²) in [6.45, 7) is 1.25. The van der Waals surface area contributed by atoms with Crippen molar-refractivity contribution in [3.05, 3.63) is 0 Å². The first kappa shape index (κ1) is 12.4. The maximum Gasteiger partial charge on any atom is 0.323 e. The molecule has 3 aliphatic rings. The summed E-state index contributed by atoms with van der Waals surface area (Å²) in [5, 5.41) is 3.45. The van der Waals surface area contributed by atoms with Gasteiger partial charge in [-0.05, 0) is 38.0 Å². The molecule has 0 spiro atoms. The van der Waals surface area contributed by atoms with Crippen molar-refractivity contribution in [1.82, 2.24) is 5.32 Å². The van der Waals surface area contributed by atoms with Gasteiger partial charge >= 0.3 is 5.97 Å². The molecular weight excluding hydrogens is 230 g/mol. The van der Waals surface area contributed by atoms with Crippen molar-refractivity contribution in [2.45, 2.75) is 63.1 Å². The molecule has 1 saturated carbocycles. The summed E-state index contributed by atoms with van der Waals surface area (Å²) in [5.41, 5.74) is 0. The van der Waals surface area contributed by atoms with E-state index >= 15 is 0 Å². The second-order valence-electron chi connectivity index (χ2n) is 5.87. The zero-order chi connectivity index (χ0) is 12.4. The molecule has 0 aromatic rings. The highest BCUT2D eigenvalue weighted by Crippen LogP contribution is 2.33. The average Bonchev–Trinajstić information content (AvgIpc) is 3.04. The van der Waals surface area contributed by atoms with Crippen molar-refractivity contribution >= 4 is 5.97 Å². The lowest BCUT2D eigenvalue weighted by atomic mass is 9.85. The average molecular weight is 253 g/mol. The molecular formula is C14H23NO3. The monoisotopic (exact) mass is 253 g/mol. The van der Waals surface area contributed by atoms with Crippen LogP contribution in [0, 0.1) is 5.92 Å². The van der Waals surface area contributed by atoms with Gasteiger partial charge in [-0.15, -0.1) is 0 Å². The second-order valence-corrected chi connectivity index (χ2v) is 5.87. The van der Waals surface area contributed by atoms with Crippen molar-refractivity contribution < 1.29 is 14.3 Å². The molecule has 0 radical (unpaired) electrons. The van der Waals surface area contributed by atoms with Crippen LogP contribution in [0.2, 0.25) is 0 Å². The fraction of sp³-hybridized carbons (Fsp3) is 0.929. The van der Waals surface area contributed by atoms with Crippen molar-refractivity contribution in [3.8, 4) is 0 Å². The fourth-order valence-electron chi connectivity index (χ4n) is 3.55. The molecule has 1 aliphatic carbocycles. The van der Waals surface area contributed by atoms with E-state index in [2.05, 4.69) is 5.32 Å². The molecule has 102 valence electrons. The first-order valence-corrected chi connectivity index (χ1v) is 7.37. The normalized spacial score (nSPS) is 39.6. The standard InChI is InChI=1S/C14H23NO3/c16-14(18-9-11-5-3-7-17-11)13-8-10-4-1-2-6-12(10)15-13/h10-13,15H,1-9H2. The van der Waals surface area contributed by atoms with E-state index in [-0.39, 0.29) is 18.1 Å². The van der Waals surface area contributed by atoms with Crippen LogP contribution in [0.5, 0.6) is 0 Å². The highest BCUT2D eigenvalue weighted by Gasteiger charge is 2.39. The van der Waals surface area contributed by atoms with E-state index in [0.29, 0.717) is 18.6 Å². The summed E-state index contributed by atoms with van der Waals surface area (Å²) < 4.78 is 10.9. The lowest BCUT2D eigenvalue weighted by Crippen LogP contribution is -2.38. The molecule has 0 aromatic heterocycles. The van der Waals surface area contributed by atoms with Crippen molar-refractivity contribution in [2.24, 2.45) is 5.92 Å². The van der Waals surface area contributed by atoms with Gasteiger partial charge in [0.25, 0.3) is 0 Å². The van der Waals surface area contributed by atoms with Crippen LogP contribution in [0.3, 0.4) is 0 Å². The molecule has 2 heterocycles. The Bertz CT molecular complexity index is 287. The molecule has 4 nitrogen and oxygen atoms in total. The smallest absolute Gasteiger partial charge is 0.323 e. The zero-order valence-electron chi connectivity index (χ0n) is 10.9. The number of nitrogens with one attached hydrogen (secondary N) is 1. The van der Waals surface area contributed by atoms with Gasteiger partial charge in [0.05, 0.1) is 6.10 Å². The summed E-state index contributed by atoms with van der Waals surface area (Å²) in [4.78, 5) is 12.0. The SMILES string of the molecule is O=C(OCC1CCCO1)C1CC2CCCCC2N1. The number of esters is 1. The molecule has 4 unspecified atom stereocenters. The van der Waals surface area contributed by atoms with Crippen LogP contribution in [0.15, 0.2) is 0 Å². The van der Waals surface area contributed by atoms with Gasteiger partial charge in [0.1, 0.15) is 12.6 Å². The Kier molecular flexibility index (Phi) is 3.85. The highest BCUT2D eigenvalue weighted by atomic mass is 16.6. The van der Waals surface area contributed by atoms with Gasteiger partial charge in [0.2, 0.25) is 0 Å². The van der Waals surface area contributed by atoms with Gasteiger partial charge in [-0.1, -0.05) is 12.8 Å². The number of carbonyl (C=O) groups is 1. The molecule has 0 amide bonds. The van der Waals surface area contributed by atoms with Gasteiger partial charge in [0, 0.05) is 12.6 Å². The van der Waals surface area contributed by atoms with Crippen molar-refractivity contribution in [3.63, 3.8) is 0 Å². The summed E-state index contributed by atoms with van der Waals surface area (Å²) in [6, 6.07) is 0.485. The molecule has 2 aliphatic heterocycles. The van der Waals surface area contributed by atoms with E-state index in [0.717, 1.165) is 25.9 Å². The van der Waals surface area contributed by atoms with Gasteiger partial charge < -0.3 is 14.8 Å². The minimum absolute atomic E-state index is 0.0695. The Labute approximate surface area is 108 Å². The molecule has 18 heavy (non-hydrogen) atoms. The van der Waals surface area contributed by atoms with Gasteiger partial charge in [0.15, 0.2) is 0 Å². The van der Waals surface area contributed by atoms with E-state index in [9.17, 15) is 4.79 Å². The Morgan fingerprint density at radius 3 is 2.89 bits per heavy atom. The molecule has 0 aromatic carbocycles. The van der Waals surface area contributed by atoms with E-state index in [1.54, 1.807) is 0 Å². The Morgan fingerprint density at radius 2 is 2.11 bits per heavy atom. The van der Waals surface area contributed by atoms with Crippen LogP contribution in [0.25, 0.3) is 0 Å². The third-order valence-corrected chi connectivity index (χ3v) is 4.58. The van der Waals surface area contributed by atoms with Gasteiger partial charge in [-0.25, -0.2) is 0 Å². The molecule has 4 atom stereocenters. The lowest BCUT2D eigenvalue weighted by molar-refractivity contribution is -0.149. The summed E-state index contributed by atoms with van der Waals surface area (Å²) in [5.74, 6) is 0.624. The van der Waals surface area contributed by atoms with E-state index < -0.39 is 0 Å². The maximum absolute atomic E-state index is 12.0. The van der Waals surface area contributed by atoms with E-state index in [1.165, 1.54) is 25.7 Å². The molecule has 2 saturated heterocycles. The number of carbonyl (C=O) groups excluding carboxylic acids is 1. The lowest BCUT2D eigenvalue weighted by Gasteiger charge is -2.24. The van der Waals surface area contributed by atoms with Crippen LogP contribution >= 0.6 is 0 Å². The van der Waals surface area contributed by atoms with Crippen LogP contribution in [0.4, 0.5) is 0 Å². The van der Waals surface area contributed by atoms with Crippen molar-refractivity contribution in [2.75, 3.05) is 13.2 Å². The predicted octanol–water partition coefficient (Wildman–Crippen LogP) is 1.63. The maximum atomic E-state index is 12.0. The first-order chi connectivity index (χ1) is 8.83. The minimum atomic E-state index is -0.0699. The Balaban J connectivity index is 1.45. The minimum Gasteiger partial charge on any atom is -0.462 e. The Hall–Kier alpha value is -0.610. The van der Waals surface area contributed by atoms with Crippen molar-refractivity contribution in [1.29, 1.82) is 0 Å². The van der Waals surface area contributed by atoms with Crippen LogP contribution in [-0.2, 0) is 14.3 Å². The van der Waals surface area contributed by atoms with Gasteiger partial charge in [-0.2, -0.15) is 0 Å². The molecule has 1 N–H and O–H groups in total. The Morgan fingerprint density at radius 1 is 1.22 bits per heavy atom. The number of fused-ring (bicyclic) bond motifs is 1. The van der Waals surface area contributed by atoms with Crippen LogP contribution in [0.1, 0.15) is 44.9 Å². The van der Waals surface area contributed by atoms with E-state index in [1.807, 2.05) is 0 Å². The summed E-state index contributed by atoms with van der Waals surface area (Å²) in [6.07, 6.45) is 8.33. The number of hydrogen-bond acceptors (Lipinski definition) is 4. The predicted molar refractivity (Wildman–Crippen MR) is 67.2 cm³/mol. The summed E-state index contributed by atoms with van der Waals surface area (Å²) >= 11 is 0. The number of hydrogen-bond donors (Lipinski definition) is 1. The van der Waals surface area contributed by atoms with Crippen LogP contribution in [-0.4, -0.2) is 37.4 Å². The summed E-state index contributed by atoms with van der Waals surface area (Å²) in [7, 11) is 0. The van der Waals surface area contributed by atoms with Crippen LogP contribution < -0.4 is 5.32 Å². The molecule has 0 bridgehead atoms. The quantitative estimate of drug-likeness (QED) is 0.777. The van der Waals surface area contributed by atoms with E-state index in [4.69, 9.17) is 9.47 Å². The molecule has 3 rings (SSSR count). The fourth-order valence-corrected chi connectivity index (χ4v) is 3.55. The zero-order valence-corrected chi connectivity index (χ0v) is 10.9.